The zero-order valence-corrected chi connectivity index (χ0v) is 11.8. The van der Waals surface area contributed by atoms with Gasteiger partial charge in [-0.2, -0.15) is 11.8 Å². The van der Waals surface area contributed by atoms with Crippen LogP contribution in [0, 0.1) is 17.8 Å². The lowest BCUT2D eigenvalue weighted by Gasteiger charge is -2.27. The Morgan fingerprint density at radius 1 is 1.38 bits per heavy atom. The van der Waals surface area contributed by atoms with Crippen molar-refractivity contribution in [2.75, 3.05) is 11.5 Å². The average molecular weight is 242 g/mol. The summed E-state index contributed by atoms with van der Waals surface area (Å²) in [4.78, 5) is 12.0. The van der Waals surface area contributed by atoms with Crippen LogP contribution in [0.2, 0.25) is 0 Å². The highest BCUT2D eigenvalue weighted by molar-refractivity contribution is 7.99. The summed E-state index contributed by atoms with van der Waals surface area (Å²) < 4.78 is 0. The highest BCUT2D eigenvalue weighted by Crippen LogP contribution is 2.32. The van der Waals surface area contributed by atoms with E-state index in [1.165, 1.54) is 19.3 Å². The molecule has 2 heteroatoms. The monoisotopic (exact) mass is 242 g/mol. The molecule has 2 atom stereocenters. The fraction of sp³-hybridized carbons (Fsp3) is 0.929. The molecule has 0 aromatic heterocycles. The van der Waals surface area contributed by atoms with Crippen molar-refractivity contribution in [3.05, 3.63) is 0 Å². The fourth-order valence-corrected chi connectivity index (χ4v) is 3.49. The van der Waals surface area contributed by atoms with Crippen LogP contribution in [0.3, 0.4) is 0 Å². The summed E-state index contributed by atoms with van der Waals surface area (Å²) in [6.07, 6.45) is 6.18. The number of carbonyl (C=O) groups excluding carboxylic acids is 1. The topological polar surface area (TPSA) is 17.1 Å². The average Bonchev–Trinajstić information content (AvgIpc) is 2.28. The quantitative estimate of drug-likeness (QED) is 0.695. The van der Waals surface area contributed by atoms with Gasteiger partial charge in [0.15, 0.2) is 0 Å². The zero-order valence-electron chi connectivity index (χ0n) is 11.0. The van der Waals surface area contributed by atoms with Crippen molar-refractivity contribution in [2.45, 2.75) is 52.9 Å². The van der Waals surface area contributed by atoms with Crippen molar-refractivity contribution in [1.29, 1.82) is 0 Å². The maximum Gasteiger partial charge on any atom is 0.145 e. The minimum atomic E-state index is 0.387. The van der Waals surface area contributed by atoms with Gasteiger partial charge in [-0.15, -0.1) is 0 Å². The minimum Gasteiger partial charge on any atom is -0.298 e. The first-order chi connectivity index (χ1) is 7.63. The number of Topliss-reactive ketones (excluding diaryl/α,β-unsaturated/α-hetero) is 1. The molecule has 1 aliphatic carbocycles. The SMILES string of the molecule is CCC1CCCC(C(=O)CSCC(C)C)C1. The van der Waals surface area contributed by atoms with Crippen LogP contribution in [0.4, 0.5) is 0 Å². The van der Waals surface area contributed by atoms with Crippen LogP contribution < -0.4 is 0 Å². The van der Waals surface area contributed by atoms with E-state index in [9.17, 15) is 4.79 Å². The van der Waals surface area contributed by atoms with Gasteiger partial charge >= 0.3 is 0 Å². The van der Waals surface area contributed by atoms with Gasteiger partial charge in [-0.25, -0.2) is 0 Å². The number of rotatable bonds is 6. The summed E-state index contributed by atoms with van der Waals surface area (Å²) >= 11 is 1.82. The number of hydrogen-bond donors (Lipinski definition) is 0. The van der Waals surface area contributed by atoms with E-state index in [0.29, 0.717) is 17.6 Å². The predicted octanol–water partition coefficient (Wildman–Crippen LogP) is 4.16. The number of ketones is 1. The normalized spacial score (nSPS) is 26.0. The Bertz CT molecular complexity index is 213. The summed E-state index contributed by atoms with van der Waals surface area (Å²) in [7, 11) is 0. The molecule has 2 unspecified atom stereocenters. The highest BCUT2D eigenvalue weighted by atomic mass is 32.2. The van der Waals surface area contributed by atoms with E-state index < -0.39 is 0 Å². The van der Waals surface area contributed by atoms with Gasteiger partial charge < -0.3 is 0 Å². The van der Waals surface area contributed by atoms with Crippen molar-refractivity contribution in [1.82, 2.24) is 0 Å². The third kappa shape index (κ3) is 4.90. The predicted molar refractivity (Wildman–Crippen MR) is 72.9 cm³/mol. The molecule has 1 aliphatic rings. The molecule has 0 saturated heterocycles. The van der Waals surface area contributed by atoms with E-state index in [0.717, 1.165) is 30.3 Å². The molecule has 0 aromatic rings. The van der Waals surface area contributed by atoms with Crippen molar-refractivity contribution in [3.63, 3.8) is 0 Å². The molecule has 0 aromatic carbocycles. The smallest absolute Gasteiger partial charge is 0.145 e. The van der Waals surface area contributed by atoms with Crippen LogP contribution in [-0.4, -0.2) is 17.3 Å². The van der Waals surface area contributed by atoms with Crippen molar-refractivity contribution in [3.8, 4) is 0 Å². The molecule has 1 nitrogen and oxygen atoms in total. The Balaban J connectivity index is 2.24. The maximum absolute atomic E-state index is 12.0. The van der Waals surface area contributed by atoms with E-state index in [1.807, 2.05) is 11.8 Å². The molecule has 1 fully saturated rings. The largest absolute Gasteiger partial charge is 0.298 e. The Morgan fingerprint density at radius 2 is 2.12 bits per heavy atom. The van der Waals surface area contributed by atoms with Crippen LogP contribution in [0.25, 0.3) is 0 Å². The van der Waals surface area contributed by atoms with Crippen LogP contribution in [0.15, 0.2) is 0 Å². The van der Waals surface area contributed by atoms with Gasteiger partial charge in [0.05, 0.1) is 5.75 Å². The van der Waals surface area contributed by atoms with Gasteiger partial charge in [0, 0.05) is 5.92 Å². The van der Waals surface area contributed by atoms with Gasteiger partial charge in [-0.3, -0.25) is 4.79 Å². The maximum atomic E-state index is 12.0. The highest BCUT2D eigenvalue weighted by Gasteiger charge is 2.25. The molecule has 0 amide bonds. The van der Waals surface area contributed by atoms with Gasteiger partial charge in [-0.05, 0) is 30.4 Å². The van der Waals surface area contributed by atoms with Crippen molar-refractivity contribution < 1.29 is 4.79 Å². The molecule has 0 radical (unpaired) electrons. The molecule has 0 aliphatic heterocycles. The summed E-state index contributed by atoms with van der Waals surface area (Å²) in [6, 6.07) is 0. The third-order valence-electron chi connectivity index (χ3n) is 3.51. The van der Waals surface area contributed by atoms with E-state index in [4.69, 9.17) is 0 Å². The third-order valence-corrected chi connectivity index (χ3v) is 4.90. The van der Waals surface area contributed by atoms with Gasteiger partial charge in [0.1, 0.15) is 5.78 Å². The second kappa shape index (κ2) is 7.37. The van der Waals surface area contributed by atoms with Gasteiger partial charge in [-0.1, -0.05) is 40.0 Å². The first-order valence-electron chi connectivity index (χ1n) is 6.74. The summed E-state index contributed by atoms with van der Waals surface area (Å²) in [5.41, 5.74) is 0. The summed E-state index contributed by atoms with van der Waals surface area (Å²) in [6.45, 7) is 6.68. The summed E-state index contributed by atoms with van der Waals surface area (Å²) in [5.74, 6) is 4.29. The lowest BCUT2D eigenvalue weighted by atomic mass is 9.78. The lowest BCUT2D eigenvalue weighted by Crippen LogP contribution is -2.24. The lowest BCUT2D eigenvalue weighted by molar-refractivity contribution is -0.121. The number of hydrogen-bond acceptors (Lipinski definition) is 2. The molecular weight excluding hydrogens is 216 g/mol. The minimum absolute atomic E-state index is 0.387. The number of carbonyl (C=O) groups is 1. The molecule has 94 valence electrons. The first-order valence-corrected chi connectivity index (χ1v) is 7.89. The van der Waals surface area contributed by atoms with E-state index >= 15 is 0 Å². The fourth-order valence-electron chi connectivity index (χ4n) is 2.47. The number of thioether (sulfide) groups is 1. The molecule has 0 N–H and O–H groups in total. The second-order valence-corrected chi connectivity index (χ2v) is 6.54. The van der Waals surface area contributed by atoms with Crippen LogP contribution in [0.1, 0.15) is 52.9 Å². The van der Waals surface area contributed by atoms with Gasteiger partial charge in [0.25, 0.3) is 0 Å². The standard InChI is InChI=1S/C14H26OS/c1-4-12-6-5-7-13(8-12)14(15)10-16-9-11(2)3/h11-13H,4-10H2,1-3H3. The second-order valence-electron chi connectivity index (χ2n) is 5.51. The molecule has 16 heavy (non-hydrogen) atoms. The Hall–Kier alpha value is 0.0200. The van der Waals surface area contributed by atoms with E-state index in [2.05, 4.69) is 20.8 Å². The van der Waals surface area contributed by atoms with Crippen molar-refractivity contribution >= 4 is 17.5 Å². The van der Waals surface area contributed by atoms with Crippen LogP contribution in [-0.2, 0) is 4.79 Å². The molecular formula is C14H26OS. The molecule has 0 spiro atoms. The van der Waals surface area contributed by atoms with E-state index in [-0.39, 0.29) is 0 Å². The van der Waals surface area contributed by atoms with E-state index in [1.54, 1.807) is 0 Å². The Morgan fingerprint density at radius 3 is 2.75 bits per heavy atom. The Kier molecular flexibility index (Phi) is 6.48. The zero-order chi connectivity index (χ0) is 12.0. The van der Waals surface area contributed by atoms with Crippen LogP contribution >= 0.6 is 11.8 Å². The Labute approximate surface area is 105 Å². The van der Waals surface area contributed by atoms with Crippen molar-refractivity contribution in [2.24, 2.45) is 17.8 Å². The van der Waals surface area contributed by atoms with Crippen LogP contribution in [0.5, 0.6) is 0 Å². The molecule has 0 heterocycles. The molecule has 0 bridgehead atoms. The first kappa shape index (κ1) is 14.1. The summed E-state index contributed by atoms with van der Waals surface area (Å²) in [5, 5.41) is 0. The molecule has 1 rings (SSSR count). The molecule has 1 saturated carbocycles. The van der Waals surface area contributed by atoms with Gasteiger partial charge in [0.2, 0.25) is 0 Å².